The lowest BCUT2D eigenvalue weighted by atomic mass is 10.1. The Morgan fingerprint density at radius 2 is 1.88 bits per heavy atom. The Labute approximate surface area is 150 Å². The molecule has 0 radical (unpaired) electrons. The third-order valence-electron chi connectivity index (χ3n) is 3.94. The van der Waals surface area contributed by atoms with Crippen LogP contribution >= 0.6 is 9.24 Å². The largest absolute Gasteiger partial charge is 0.369 e. The SMILES string of the molecule is NCCN(Cc1ccc(P)cc1)C(N)=Nc1ccc2cnccc2c1. The van der Waals surface area contributed by atoms with Gasteiger partial charge in [-0.15, -0.1) is 9.24 Å². The standard InChI is InChI=1S/C19H22N5P/c20-8-10-24(13-14-1-5-18(25)6-2-14)19(21)23-17-4-3-16-12-22-9-7-15(16)11-17/h1-7,9,11-12H,8,10,13,20,25H2,(H2,21,23). The van der Waals surface area contributed by atoms with Crippen LogP contribution in [0.1, 0.15) is 5.56 Å². The third-order valence-corrected chi connectivity index (χ3v) is 4.33. The highest BCUT2D eigenvalue weighted by Gasteiger charge is 2.08. The van der Waals surface area contributed by atoms with Crippen molar-refractivity contribution in [3.8, 4) is 0 Å². The van der Waals surface area contributed by atoms with Crippen molar-refractivity contribution in [1.82, 2.24) is 9.88 Å². The Hall–Kier alpha value is -2.49. The maximum atomic E-state index is 6.26. The second-order valence-corrected chi connectivity index (χ2v) is 6.50. The van der Waals surface area contributed by atoms with Gasteiger partial charge in [0.2, 0.25) is 0 Å². The summed E-state index contributed by atoms with van der Waals surface area (Å²) in [5, 5.41) is 3.32. The fraction of sp³-hybridized carbons (Fsp3) is 0.158. The molecule has 0 aliphatic carbocycles. The Kier molecular flexibility index (Phi) is 5.59. The quantitative estimate of drug-likeness (QED) is 0.419. The van der Waals surface area contributed by atoms with Gasteiger partial charge >= 0.3 is 0 Å². The van der Waals surface area contributed by atoms with Crippen molar-refractivity contribution in [3.63, 3.8) is 0 Å². The van der Waals surface area contributed by atoms with Crippen LogP contribution in [-0.2, 0) is 6.54 Å². The lowest BCUT2D eigenvalue weighted by Crippen LogP contribution is -2.39. The minimum Gasteiger partial charge on any atom is -0.369 e. The number of fused-ring (bicyclic) bond motifs is 1. The zero-order valence-corrected chi connectivity index (χ0v) is 15.1. The average Bonchev–Trinajstić information content (AvgIpc) is 2.63. The monoisotopic (exact) mass is 351 g/mol. The Bertz CT molecular complexity index is 876. The molecule has 0 saturated heterocycles. The number of nitrogens with two attached hydrogens (primary N) is 2. The molecule has 1 heterocycles. The van der Waals surface area contributed by atoms with Crippen LogP contribution in [0.5, 0.6) is 0 Å². The van der Waals surface area contributed by atoms with Crippen LogP contribution in [0, 0.1) is 0 Å². The summed E-state index contributed by atoms with van der Waals surface area (Å²) in [7, 11) is 2.69. The van der Waals surface area contributed by atoms with Crippen LogP contribution < -0.4 is 16.8 Å². The van der Waals surface area contributed by atoms with E-state index >= 15 is 0 Å². The molecule has 5 nitrogen and oxygen atoms in total. The van der Waals surface area contributed by atoms with Gasteiger partial charge in [-0.3, -0.25) is 4.98 Å². The van der Waals surface area contributed by atoms with Crippen molar-refractivity contribution in [2.75, 3.05) is 13.1 Å². The van der Waals surface area contributed by atoms with Crippen molar-refractivity contribution < 1.29 is 0 Å². The molecule has 1 unspecified atom stereocenters. The number of hydrogen-bond acceptors (Lipinski definition) is 3. The summed E-state index contributed by atoms with van der Waals surface area (Å²) in [5.41, 5.74) is 14.0. The number of pyridine rings is 1. The van der Waals surface area contributed by atoms with E-state index in [2.05, 4.69) is 43.5 Å². The molecule has 1 atom stereocenters. The van der Waals surface area contributed by atoms with Crippen molar-refractivity contribution in [2.45, 2.75) is 6.54 Å². The summed E-state index contributed by atoms with van der Waals surface area (Å²) in [6.45, 7) is 1.84. The highest BCUT2D eigenvalue weighted by atomic mass is 31.0. The fourth-order valence-corrected chi connectivity index (χ4v) is 2.81. The number of aliphatic imine (C=N–C) groups is 1. The van der Waals surface area contributed by atoms with Gasteiger partial charge in [-0.25, -0.2) is 4.99 Å². The Balaban J connectivity index is 1.83. The molecule has 3 rings (SSSR count). The molecule has 25 heavy (non-hydrogen) atoms. The summed E-state index contributed by atoms with van der Waals surface area (Å²) < 4.78 is 0. The first-order valence-corrected chi connectivity index (χ1v) is 8.71. The predicted octanol–water partition coefficient (Wildman–Crippen LogP) is 2.14. The molecule has 0 saturated carbocycles. The van der Waals surface area contributed by atoms with E-state index < -0.39 is 0 Å². The van der Waals surface area contributed by atoms with Gasteiger partial charge in [0.05, 0.1) is 5.69 Å². The van der Waals surface area contributed by atoms with Gasteiger partial charge < -0.3 is 16.4 Å². The molecule has 0 aliphatic rings. The summed E-state index contributed by atoms with van der Waals surface area (Å²) in [4.78, 5) is 10.7. The third kappa shape index (κ3) is 4.53. The summed E-state index contributed by atoms with van der Waals surface area (Å²) in [6.07, 6.45) is 3.61. The van der Waals surface area contributed by atoms with Crippen LogP contribution in [0.15, 0.2) is 65.9 Å². The normalized spacial score (nSPS) is 11.7. The number of rotatable bonds is 5. The van der Waals surface area contributed by atoms with Crippen molar-refractivity contribution >= 4 is 37.0 Å². The number of nitrogens with zero attached hydrogens (tertiary/aromatic N) is 3. The fourth-order valence-electron chi connectivity index (χ4n) is 2.62. The van der Waals surface area contributed by atoms with Crippen LogP contribution in [0.2, 0.25) is 0 Å². The number of hydrogen-bond donors (Lipinski definition) is 2. The lowest BCUT2D eigenvalue weighted by molar-refractivity contribution is 0.418. The van der Waals surface area contributed by atoms with Crippen molar-refractivity contribution in [3.05, 3.63) is 66.5 Å². The predicted molar refractivity (Wildman–Crippen MR) is 108 cm³/mol. The van der Waals surface area contributed by atoms with Crippen LogP contribution in [0.3, 0.4) is 0 Å². The first-order valence-electron chi connectivity index (χ1n) is 8.13. The van der Waals surface area contributed by atoms with Crippen LogP contribution in [-0.4, -0.2) is 28.9 Å². The van der Waals surface area contributed by atoms with E-state index in [0.29, 0.717) is 25.6 Å². The number of aromatic nitrogens is 1. The van der Waals surface area contributed by atoms with Crippen molar-refractivity contribution in [1.29, 1.82) is 0 Å². The molecular formula is C19H22N5P. The molecule has 2 aromatic carbocycles. The summed E-state index contributed by atoms with van der Waals surface area (Å²) in [5.74, 6) is 0.466. The zero-order valence-electron chi connectivity index (χ0n) is 14.0. The lowest BCUT2D eigenvalue weighted by Gasteiger charge is -2.23. The summed E-state index contributed by atoms with van der Waals surface area (Å²) in [6, 6.07) is 16.2. The minimum atomic E-state index is 0.466. The zero-order chi connectivity index (χ0) is 17.6. The Morgan fingerprint density at radius 1 is 1.08 bits per heavy atom. The molecule has 0 amide bonds. The van der Waals surface area contributed by atoms with Gasteiger partial charge in [0.25, 0.3) is 0 Å². The number of benzene rings is 2. The van der Waals surface area contributed by atoms with E-state index in [4.69, 9.17) is 11.5 Å². The molecule has 3 aromatic rings. The molecule has 6 heteroatoms. The van der Waals surface area contributed by atoms with Gasteiger partial charge in [0.15, 0.2) is 5.96 Å². The molecule has 0 spiro atoms. The van der Waals surface area contributed by atoms with Crippen LogP contribution in [0.25, 0.3) is 10.8 Å². The second-order valence-electron chi connectivity index (χ2n) is 5.83. The number of guanidine groups is 1. The van der Waals surface area contributed by atoms with E-state index in [1.165, 1.54) is 5.56 Å². The second kappa shape index (κ2) is 8.06. The average molecular weight is 351 g/mol. The molecular weight excluding hydrogens is 329 g/mol. The van der Waals surface area contributed by atoms with E-state index in [1.807, 2.05) is 35.4 Å². The van der Waals surface area contributed by atoms with E-state index in [1.54, 1.807) is 6.20 Å². The molecule has 0 aliphatic heterocycles. The first kappa shape index (κ1) is 17.3. The van der Waals surface area contributed by atoms with E-state index in [9.17, 15) is 0 Å². The van der Waals surface area contributed by atoms with Gasteiger partial charge in [-0.1, -0.05) is 30.3 Å². The molecule has 1 aromatic heterocycles. The molecule has 0 fully saturated rings. The smallest absolute Gasteiger partial charge is 0.196 e. The van der Waals surface area contributed by atoms with Gasteiger partial charge in [0, 0.05) is 37.4 Å². The van der Waals surface area contributed by atoms with E-state index in [0.717, 1.165) is 21.8 Å². The van der Waals surface area contributed by atoms with Crippen LogP contribution in [0.4, 0.5) is 5.69 Å². The topological polar surface area (TPSA) is 80.5 Å². The maximum Gasteiger partial charge on any atom is 0.196 e. The van der Waals surface area contributed by atoms with Gasteiger partial charge in [0.1, 0.15) is 0 Å². The molecule has 4 N–H and O–H groups in total. The molecule has 128 valence electrons. The first-order chi connectivity index (χ1) is 12.2. The summed E-state index contributed by atoms with van der Waals surface area (Å²) >= 11 is 0. The highest BCUT2D eigenvalue weighted by molar-refractivity contribution is 7.27. The highest BCUT2D eigenvalue weighted by Crippen LogP contribution is 2.20. The van der Waals surface area contributed by atoms with Crippen molar-refractivity contribution in [2.24, 2.45) is 16.5 Å². The molecule has 0 bridgehead atoms. The van der Waals surface area contributed by atoms with Gasteiger partial charge in [-0.2, -0.15) is 0 Å². The van der Waals surface area contributed by atoms with E-state index in [-0.39, 0.29) is 0 Å². The minimum absolute atomic E-state index is 0.466. The van der Waals surface area contributed by atoms with Gasteiger partial charge in [-0.05, 0) is 34.5 Å². The maximum absolute atomic E-state index is 6.26. The Morgan fingerprint density at radius 3 is 2.64 bits per heavy atom.